The van der Waals surface area contributed by atoms with Crippen molar-refractivity contribution < 1.29 is 75.4 Å². The number of hydrogen-bond acceptors (Lipinski definition) is 2. The predicted octanol–water partition coefficient (Wildman–Crippen LogP) is 6.08. The molecule has 180 valence electrons. The minimum Gasteiger partial charge on any atom is -0.465 e. The molecule has 0 radical (unpaired) electrons. The van der Waals surface area contributed by atoms with Crippen molar-refractivity contribution >= 4 is 21.9 Å². The van der Waals surface area contributed by atoms with E-state index < -0.39 is 65.5 Å². The van der Waals surface area contributed by atoms with Crippen molar-refractivity contribution in [2.45, 2.75) is 59.9 Å². The van der Waals surface area contributed by atoms with Gasteiger partial charge in [0, 0.05) is 6.42 Å². The molecule has 0 aromatic heterocycles. The predicted molar refractivity (Wildman–Crippen MR) is 69.7 cm³/mol. The molecule has 0 bridgehead atoms. The van der Waals surface area contributed by atoms with Gasteiger partial charge in [0.15, 0.2) is 0 Å². The summed E-state index contributed by atoms with van der Waals surface area (Å²) in [4.78, 5) is 8.46. The molecule has 0 heterocycles. The zero-order chi connectivity index (χ0) is 24.8. The van der Waals surface area contributed by atoms with Gasteiger partial charge in [-0.25, -0.2) is 0 Å². The topological polar surface area (TPSA) is 26.3 Å². The first kappa shape index (κ1) is 28.9. The number of alkyl halides is 16. The second-order valence-corrected chi connectivity index (χ2v) is 6.60. The summed E-state index contributed by atoms with van der Waals surface area (Å²) in [7, 11) is 0. The van der Waals surface area contributed by atoms with Gasteiger partial charge in [-0.3, -0.25) is 4.79 Å². The van der Waals surface area contributed by atoms with E-state index in [1.165, 1.54) is 0 Å². The van der Waals surface area contributed by atoms with Crippen LogP contribution in [0.15, 0.2) is 0 Å². The number of halogens is 16. The second kappa shape index (κ2) is 8.11. The van der Waals surface area contributed by atoms with Crippen molar-refractivity contribution in [1.82, 2.24) is 0 Å². The third-order valence-corrected chi connectivity index (χ3v) is 4.07. The van der Waals surface area contributed by atoms with E-state index in [9.17, 15) is 70.7 Å². The maximum absolute atomic E-state index is 13.5. The van der Waals surface area contributed by atoms with Crippen LogP contribution < -0.4 is 0 Å². The van der Waals surface area contributed by atoms with Gasteiger partial charge in [-0.2, -0.15) is 65.9 Å². The molecule has 0 rings (SSSR count). The molecule has 1 atom stereocenters. The van der Waals surface area contributed by atoms with Gasteiger partial charge in [-0.1, -0.05) is 15.9 Å². The van der Waals surface area contributed by atoms with E-state index >= 15 is 0 Å². The van der Waals surface area contributed by atoms with Gasteiger partial charge in [0.2, 0.25) is 0 Å². The summed E-state index contributed by atoms with van der Waals surface area (Å²) >= 11 is 1.95. The highest BCUT2D eigenvalue weighted by Gasteiger charge is 2.93. The van der Waals surface area contributed by atoms with Crippen LogP contribution in [0, 0.1) is 0 Å². The Morgan fingerprint density at radius 1 is 0.700 bits per heavy atom. The highest BCUT2D eigenvalue weighted by atomic mass is 79.9. The van der Waals surface area contributed by atoms with Gasteiger partial charge in [0.05, 0.1) is 6.61 Å². The lowest BCUT2D eigenvalue weighted by Crippen LogP contribution is -2.72. The summed E-state index contributed by atoms with van der Waals surface area (Å²) in [6, 6.07) is 0. The second-order valence-electron chi connectivity index (χ2n) is 5.50. The molecular formula is C12H8BrF15O2. The molecule has 0 aromatic carbocycles. The fraction of sp³-hybridized carbons (Fsp3) is 0.917. The van der Waals surface area contributed by atoms with Crippen molar-refractivity contribution in [2.75, 3.05) is 6.61 Å². The quantitative estimate of drug-likeness (QED) is 0.198. The van der Waals surface area contributed by atoms with Gasteiger partial charge in [-0.05, 0) is 6.92 Å². The van der Waals surface area contributed by atoms with E-state index in [1.807, 2.05) is 15.9 Å². The summed E-state index contributed by atoms with van der Waals surface area (Å²) in [5.41, 5.74) is 0. The average Bonchev–Trinajstić information content (AvgIpc) is 2.52. The maximum Gasteiger partial charge on any atom is 0.460 e. The van der Waals surface area contributed by atoms with Crippen LogP contribution in [0.5, 0.6) is 0 Å². The van der Waals surface area contributed by atoms with E-state index in [1.54, 1.807) is 0 Å². The van der Waals surface area contributed by atoms with E-state index in [0.29, 0.717) is 0 Å². The lowest BCUT2D eigenvalue weighted by atomic mass is 9.89. The molecular weight excluding hydrogens is 541 g/mol. The Labute approximate surface area is 164 Å². The Balaban J connectivity index is 6.32. The van der Waals surface area contributed by atoms with E-state index in [0.717, 1.165) is 6.92 Å². The molecule has 0 saturated carbocycles. The Kier molecular flexibility index (Phi) is 7.81. The van der Waals surface area contributed by atoms with E-state index in [4.69, 9.17) is 0 Å². The Bertz CT molecular complexity index is 628. The average molecular weight is 549 g/mol. The standard InChI is InChI=1S/C12H8BrF15O2/c1-2-30-5(29)4(13)3-6(14,15)7(16,17)8(18,19)9(20,21)10(22,23)11(24,25)12(26,27)28/h4H,2-3H2,1H3. The molecule has 0 saturated heterocycles. The van der Waals surface area contributed by atoms with Gasteiger partial charge >= 0.3 is 47.7 Å². The first-order valence-corrected chi connectivity index (χ1v) is 7.92. The molecule has 18 heteroatoms. The number of carbonyl (C=O) groups excluding carboxylic acids is 1. The highest BCUT2D eigenvalue weighted by Crippen LogP contribution is 2.62. The van der Waals surface area contributed by atoms with Crippen LogP contribution in [0.25, 0.3) is 0 Å². The van der Waals surface area contributed by atoms with Crippen molar-refractivity contribution in [3.8, 4) is 0 Å². The third-order valence-electron chi connectivity index (χ3n) is 3.37. The largest absolute Gasteiger partial charge is 0.465 e. The SMILES string of the molecule is CCOC(=O)C(Br)CC(F)(F)C(F)(F)C(F)(F)C(F)(F)C(F)(F)C(F)(F)C(F)(F)F. The molecule has 0 aromatic rings. The zero-order valence-corrected chi connectivity index (χ0v) is 15.4. The first-order chi connectivity index (χ1) is 12.9. The Morgan fingerprint density at radius 3 is 1.37 bits per heavy atom. The minimum absolute atomic E-state index is 0.574. The molecule has 1 unspecified atom stereocenters. The van der Waals surface area contributed by atoms with Gasteiger partial charge in [-0.15, -0.1) is 0 Å². The third kappa shape index (κ3) is 4.28. The summed E-state index contributed by atoms with van der Waals surface area (Å²) in [6.45, 7) is 0.484. The summed E-state index contributed by atoms with van der Waals surface area (Å²) < 4.78 is 198. The van der Waals surface area contributed by atoms with Crippen LogP contribution in [-0.4, -0.2) is 59.1 Å². The normalized spacial score (nSPS) is 16.4. The van der Waals surface area contributed by atoms with Crippen LogP contribution >= 0.6 is 15.9 Å². The van der Waals surface area contributed by atoms with Crippen LogP contribution in [-0.2, 0) is 9.53 Å². The van der Waals surface area contributed by atoms with Crippen molar-refractivity contribution in [3.05, 3.63) is 0 Å². The Hall–Kier alpha value is -1.10. The molecule has 0 spiro atoms. The maximum atomic E-state index is 13.5. The number of esters is 1. The van der Waals surface area contributed by atoms with Crippen molar-refractivity contribution in [3.63, 3.8) is 0 Å². The Morgan fingerprint density at radius 2 is 1.03 bits per heavy atom. The molecule has 0 aliphatic heterocycles. The number of hydrogen-bond donors (Lipinski definition) is 0. The lowest BCUT2D eigenvalue weighted by Gasteiger charge is -2.41. The highest BCUT2D eigenvalue weighted by molar-refractivity contribution is 9.10. The molecule has 2 nitrogen and oxygen atoms in total. The van der Waals surface area contributed by atoms with Crippen molar-refractivity contribution in [2.24, 2.45) is 0 Å². The molecule has 0 aliphatic carbocycles. The molecule has 30 heavy (non-hydrogen) atoms. The van der Waals surface area contributed by atoms with Crippen LogP contribution in [0.1, 0.15) is 13.3 Å². The zero-order valence-electron chi connectivity index (χ0n) is 13.9. The van der Waals surface area contributed by atoms with Crippen LogP contribution in [0.2, 0.25) is 0 Å². The van der Waals surface area contributed by atoms with Crippen molar-refractivity contribution in [1.29, 1.82) is 0 Å². The van der Waals surface area contributed by atoms with Gasteiger partial charge < -0.3 is 4.74 Å². The van der Waals surface area contributed by atoms with Gasteiger partial charge in [0.25, 0.3) is 0 Å². The van der Waals surface area contributed by atoms with Crippen LogP contribution in [0.3, 0.4) is 0 Å². The number of ether oxygens (including phenoxy) is 1. The minimum atomic E-state index is -8.35. The summed E-state index contributed by atoms with van der Waals surface area (Å²) in [5.74, 6) is -48.8. The molecule has 0 N–H and O–H groups in total. The van der Waals surface area contributed by atoms with E-state index in [-0.39, 0.29) is 0 Å². The fourth-order valence-corrected chi connectivity index (χ4v) is 2.21. The molecule has 0 fully saturated rings. The lowest BCUT2D eigenvalue weighted by molar-refractivity contribution is -0.452. The number of carbonyl (C=O) groups is 1. The molecule has 0 aliphatic rings. The smallest absolute Gasteiger partial charge is 0.460 e. The van der Waals surface area contributed by atoms with Crippen LogP contribution in [0.4, 0.5) is 65.9 Å². The summed E-state index contributed by atoms with van der Waals surface area (Å²) in [5, 5.41) is 0. The fourth-order valence-electron chi connectivity index (χ4n) is 1.67. The van der Waals surface area contributed by atoms with Gasteiger partial charge in [0.1, 0.15) is 4.83 Å². The first-order valence-electron chi connectivity index (χ1n) is 7.01. The summed E-state index contributed by atoms with van der Waals surface area (Å²) in [6.07, 6.45) is -10.5. The molecule has 0 amide bonds. The number of rotatable bonds is 9. The monoisotopic (exact) mass is 548 g/mol. The van der Waals surface area contributed by atoms with E-state index in [2.05, 4.69) is 4.74 Å².